The van der Waals surface area contributed by atoms with E-state index in [1.165, 1.54) is 23.5 Å². The molecule has 2 aliphatic heterocycles. The number of hydrogen-bond donors (Lipinski definition) is 1. The predicted octanol–water partition coefficient (Wildman–Crippen LogP) is 4.76. The summed E-state index contributed by atoms with van der Waals surface area (Å²) in [6.45, 7) is 2.13. The normalized spacial score (nSPS) is 18.7. The van der Waals surface area contributed by atoms with Gasteiger partial charge in [0.15, 0.2) is 0 Å². The smallest absolute Gasteiger partial charge is 0.275 e. The summed E-state index contributed by atoms with van der Waals surface area (Å²) < 4.78 is 24.4. The molecule has 188 valence electrons. The molecule has 2 aromatic carbocycles. The number of rotatable bonds is 6. The fourth-order valence-electron chi connectivity index (χ4n) is 4.30. The Morgan fingerprint density at radius 2 is 2.06 bits per heavy atom. The van der Waals surface area contributed by atoms with E-state index in [4.69, 9.17) is 21.1 Å². The SMILES string of the molecule is COC1Cc2c(C(=O)NC[C@@H]3CSCN3C(=O)c3nc(C)sc3-c3ccc(F)cc3)ccc(Cl)c2O1. The molecule has 2 atom stereocenters. The molecule has 1 N–H and O–H groups in total. The number of methoxy groups -OCH3 is 1. The van der Waals surface area contributed by atoms with Crippen LogP contribution in [-0.4, -0.2) is 59.3 Å². The predicted molar refractivity (Wildman–Crippen MR) is 138 cm³/mol. The van der Waals surface area contributed by atoms with E-state index in [2.05, 4.69) is 10.3 Å². The first-order valence-corrected chi connectivity index (χ1v) is 13.6. The minimum Gasteiger partial charge on any atom is -0.463 e. The molecule has 0 bridgehead atoms. The number of aryl methyl sites for hydroxylation is 1. The maximum absolute atomic E-state index is 13.5. The van der Waals surface area contributed by atoms with Crippen molar-refractivity contribution in [3.05, 3.63) is 69.1 Å². The fourth-order valence-corrected chi connectivity index (χ4v) is 6.64. The van der Waals surface area contributed by atoms with Gasteiger partial charge in [-0.25, -0.2) is 9.37 Å². The lowest BCUT2D eigenvalue weighted by Crippen LogP contribution is -2.44. The zero-order chi connectivity index (χ0) is 25.4. The van der Waals surface area contributed by atoms with Crippen molar-refractivity contribution < 1.29 is 23.5 Å². The molecule has 5 rings (SSSR count). The zero-order valence-corrected chi connectivity index (χ0v) is 21.9. The second kappa shape index (κ2) is 10.4. The Bertz CT molecular complexity index is 1320. The third-order valence-electron chi connectivity index (χ3n) is 6.12. The summed E-state index contributed by atoms with van der Waals surface area (Å²) in [7, 11) is 1.54. The van der Waals surface area contributed by atoms with Crippen molar-refractivity contribution >= 4 is 46.5 Å². The second-order valence-corrected chi connectivity index (χ2v) is 11.1. The monoisotopic (exact) mass is 547 g/mol. The van der Waals surface area contributed by atoms with Gasteiger partial charge in [-0.2, -0.15) is 0 Å². The summed E-state index contributed by atoms with van der Waals surface area (Å²) in [6, 6.07) is 9.16. The quantitative estimate of drug-likeness (QED) is 0.479. The second-order valence-electron chi connectivity index (χ2n) is 8.45. The lowest BCUT2D eigenvalue weighted by molar-refractivity contribution is -0.0367. The maximum atomic E-state index is 13.5. The van der Waals surface area contributed by atoms with E-state index in [1.807, 2.05) is 6.92 Å². The first-order chi connectivity index (χ1) is 17.4. The standard InChI is InChI=1S/C25H23ClFN3O4S2/c1-13-29-21(23(36-13)14-3-5-15(27)6-4-14)25(32)30-12-35-11-16(30)10-28-24(31)17-7-8-19(26)22-18(17)9-20(33-2)34-22/h3-8,16,20H,9-12H2,1-2H3,(H,28,31)/t16-,20?/m1/s1. The van der Waals surface area contributed by atoms with E-state index >= 15 is 0 Å². The van der Waals surface area contributed by atoms with E-state index in [0.29, 0.717) is 57.1 Å². The minimum absolute atomic E-state index is 0.196. The van der Waals surface area contributed by atoms with Gasteiger partial charge in [0.1, 0.15) is 17.3 Å². The summed E-state index contributed by atoms with van der Waals surface area (Å²) >= 11 is 9.27. The number of nitrogens with one attached hydrogen (secondary N) is 1. The first kappa shape index (κ1) is 25.0. The van der Waals surface area contributed by atoms with Crippen LogP contribution in [0.25, 0.3) is 10.4 Å². The largest absolute Gasteiger partial charge is 0.463 e. The van der Waals surface area contributed by atoms with Crippen LogP contribution in [0.4, 0.5) is 4.39 Å². The number of amides is 2. The number of halogens is 2. The lowest BCUT2D eigenvalue weighted by atomic mass is 10.0. The van der Waals surface area contributed by atoms with Crippen LogP contribution in [0.5, 0.6) is 5.75 Å². The zero-order valence-electron chi connectivity index (χ0n) is 19.5. The molecule has 1 fully saturated rings. The highest BCUT2D eigenvalue weighted by Gasteiger charge is 2.34. The molecular formula is C25H23ClFN3O4S2. The first-order valence-electron chi connectivity index (χ1n) is 11.3. The fraction of sp³-hybridized carbons (Fsp3) is 0.320. The van der Waals surface area contributed by atoms with Gasteiger partial charge in [0.05, 0.1) is 26.8 Å². The molecule has 1 unspecified atom stereocenters. The molecule has 11 heteroatoms. The van der Waals surface area contributed by atoms with Crippen molar-refractivity contribution in [1.82, 2.24) is 15.2 Å². The molecule has 1 saturated heterocycles. The maximum Gasteiger partial charge on any atom is 0.275 e. The van der Waals surface area contributed by atoms with Crippen LogP contribution >= 0.6 is 34.7 Å². The summed E-state index contributed by atoms with van der Waals surface area (Å²) in [4.78, 5) is 33.6. The third-order valence-corrected chi connectivity index (χ3v) is 8.52. The molecule has 0 aliphatic carbocycles. The lowest BCUT2D eigenvalue weighted by Gasteiger charge is -2.24. The minimum atomic E-state index is -0.484. The number of benzene rings is 2. The summed E-state index contributed by atoms with van der Waals surface area (Å²) in [5.74, 6) is 0.857. The molecule has 2 amide bonds. The number of fused-ring (bicyclic) bond motifs is 1. The molecule has 7 nitrogen and oxygen atoms in total. The Morgan fingerprint density at radius 1 is 1.28 bits per heavy atom. The molecular weight excluding hydrogens is 525 g/mol. The van der Waals surface area contributed by atoms with Gasteiger partial charge in [-0.1, -0.05) is 23.7 Å². The molecule has 0 radical (unpaired) electrons. The van der Waals surface area contributed by atoms with Gasteiger partial charge >= 0.3 is 0 Å². The molecule has 1 aromatic heterocycles. The third kappa shape index (κ3) is 4.82. The van der Waals surface area contributed by atoms with Crippen LogP contribution in [0.3, 0.4) is 0 Å². The van der Waals surface area contributed by atoms with Crippen molar-refractivity contribution in [3.8, 4) is 16.2 Å². The van der Waals surface area contributed by atoms with Crippen LogP contribution in [0.1, 0.15) is 31.4 Å². The highest BCUT2D eigenvalue weighted by molar-refractivity contribution is 7.99. The average molecular weight is 548 g/mol. The van der Waals surface area contributed by atoms with Crippen molar-refractivity contribution in [3.63, 3.8) is 0 Å². The Morgan fingerprint density at radius 3 is 2.81 bits per heavy atom. The molecule has 2 aliphatic rings. The average Bonchev–Trinajstić information content (AvgIpc) is 3.61. The Hall–Kier alpha value is -2.66. The van der Waals surface area contributed by atoms with Crippen molar-refractivity contribution in [2.45, 2.75) is 25.7 Å². The number of ether oxygens (including phenoxy) is 2. The van der Waals surface area contributed by atoms with Gasteiger partial charge in [-0.3, -0.25) is 9.59 Å². The van der Waals surface area contributed by atoms with Crippen LogP contribution < -0.4 is 10.1 Å². The van der Waals surface area contributed by atoms with Gasteiger partial charge in [-0.15, -0.1) is 23.1 Å². The number of hydrogen-bond acceptors (Lipinski definition) is 7. The number of thiazole rings is 1. The van der Waals surface area contributed by atoms with E-state index in [9.17, 15) is 14.0 Å². The number of carbonyl (C=O) groups is 2. The van der Waals surface area contributed by atoms with Crippen LogP contribution in [0.2, 0.25) is 5.02 Å². The number of nitrogens with zero attached hydrogens (tertiary/aromatic N) is 2. The van der Waals surface area contributed by atoms with E-state index in [-0.39, 0.29) is 23.7 Å². The van der Waals surface area contributed by atoms with Gasteiger partial charge in [-0.05, 0) is 36.8 Å². The van der Waals surface area contributed by atoms with E-state index in [0.717, 1.165) is 10.6 Å². The number of carbonyl (C=O) groups excluding carboxylic acids is 2. The van der Waals surface area contributed by atoms with Crippen molar-refractivity contribution in [1.29, 1.82) is 0 Å². The highest BCUT2D eigenvalue weighted by Crippen LogP contribution is 2.38. The van der Waals surface area contributed by atoms with Crippen LogP contribution in [-0.2, 0) is 11.2 Å². The van der Waals surface area contributed by atoms with Gasteiger partial charge in [0.2, 0.25) is 6.29 Å². The number of thioether (sulfide) groups is 1. The molecule has 0 spiro atoms. The summed E-state index contributed by atoms with van der Waals surface area (Å²) in [5.41, 5.74) is 2.28. The van der Waals surface area contributed by atoms with Crippen LogP contribution in [0, 0.1) is 12.7 Å². The molecule has 3 aromatic rings. The van der Waals surface area contributed by atoms with E-state index < -0.39 is 6.29 Å². The van der Waals surface area contributed by atoms with Crippen molar-refractivity contribution in [2.75, 3.05) is 25.3 Å². The summed E-state index contributed by atoms with van der Waals surface area (Å²) in [5, 5.41) is 4.16. The Kier molecular flexibility index (Phi) is 7.21. The molecule has 3 heterocycles. The van der Waals surface area contributed by atoms with Crippen molar-refractivity contribution in [2.24, 2.45) is 0 Å². The number of aromatic nitrogens is 1. The van der Waals surface area contributed by atoms with Gasteiger partial charge < -0.3 is 19.7 Å². The van der Waals surface area contributed by atoms with E-state index in [1.54, 1.807) is 48.0 Å². The van der Waals surface area contributed by atoms with Gasteiger partial charge in [0, 0.05) is 37.0 Å². The highest BCUT2D eigenvalue weighted by atomic mass is 35.5. The molecule has 36 heavy (non-hydrogen) atoms. The topological polar surface area (TPSA) is 80.8 Å². The van der Waals surface area contributed by atoms with Crippen LogP contribution in [0.15, 0.2) is 36.4 Å². The Labute approximate surface area is 220 Å². The Balaban J connectivity index is 1.31. The summed E-state index contributed by atoms with van der Waals surface area (Å²) in [6.07, 6.45) is -0.0587. The molecule has 0 saturated carbocycles. The van der Waals surface area contributed by atoms with Gasteiger partial charge in [0.25, 0.3) is 11.8 Å².